The number of non-ortho nitro benzene ring substituents is 1. The van der Waals surface area contributed by atoms with Crippen LogP contribution in [0, 0.1) is 10.1 Å². The van der Waals surface area contributed by atoms with Gasteiger partial charge in [-0.2, -0.15) is 0 Å². The highest BCUT2D eigenvalue weighted by Crippen LogP contribution is 2.28. The van der Waals surface area contributed by atoms with Crippen molar-refractivity contribution in [3.05, 3.63) is 58.6 Å². The summed E-state index contributed by atoms with van der Waals surface area (Å²) in [6.07, 6.45) is -1.33. The van der Waals surface area contributed by atoms with Gasteiger partial charge in [0.05, 0.1) is 21.2 Å². The third kappa shape index (κ3) is 3.62. The average molecular weight is 337 g/mol. The summed E-state index contributed by atoms with van der Waals surface area (Å²) in [6, 6.07) is 9.79. The van der Waals surface area contributed by atoms with Gasteiger partial charge in [-0.05, 0) is 36.4 Å². The number of rotatable bonds is 4. The number of hydrogen-bond donors (Lipinski definition) is 2. The Morgan fingerprint density at radius 1 is 1.04 bits per heavy atom. The molecule has 0 aliphatic rings. The SMILES string of the molecule is NS(=O)(=O)c1ccc(N(C(=O)O)c2ccc([N+](=O)[O-])cc2)cc1. The zero-order chi connectivity index (χ0) is 17.2. The van der Waals surface area contributed by atoms with E-state index in [9.17, 15) is 28.4 Å². The number of hydrogen-bond acceptors (Lipinski definition) is 5. The van der Waals surface area contributed by atoms with Gasteiger partial charge in [-0.1, -0.05) is 0 Å². The first-order chi connectivity index (χ1) is 10.7. The fourth-order valence-corrected chi connectivity index (χ4v) is 2.39. The molecule has 120 valence electrons. The lowest BCUT2D eigenvalue weighted by atomic mass is 10.2. The van der Waals surface area contributed by atoms with E-state index in [1.165, 1.54) is 48.5 Å². The third-order valence-electron chi connectivity index (χ3n) is 2.93. The Bertz CT molecular complexity index is 846. The summed E-state index contributed by atoms with van der Waals surface area (Å²) < 4.78 is 22.4. The highest BCUT2D eigenvalue weighted by molar-refractivity contribution is 7.89. The molecule has 0 aliphatic carbocycles. The zero-order valence-electron chi connectivity index (χ0n) is 11.5. The molecule has 1 amide bonds. The normalized spacial score (nSPS) is 11.0. The maximum absolute atomic E-state index is 11.5. The number of nitro benzene ring substituents is 1. The highest BCUT2D eigenvalue weighted by atomic mass is 32.2. The number of amides is 1. The molecule has 2 aromatic carbocycles. The number of nitrogens with two attached hydrogens (primary N) is 1. The van der Waals surface area contributed by atoms with Crippen LogP contribution in [0.4, 0.5) is 21.9 Å². The van der Waals surface area contributed by atoms with Gasteiger partial charge in [-0.15, -0.1) is 0 Å². The Balaban J connectivity index is 2.42. The van der Waals surface area contributed by atoms with Crippen molar-refractivity contribution in [2.24, 2.45) is 5.14 Å². The molecule has 0 spiro atoms. The van der Waals surface area contributed by atoms with Crippen molar-refractivity contribution in [1.29, 1.82) is 0 Å². The van der Waals surface area contributed by atoms with E-state index < -0.39 is 21.0 Å². The predicted molar refractivity (Wildman–Crippen MR) is 81.1 cm³/mol. The van der Waals surface area contributed by atoms with Crippen molar-refractivity contribution in [3.8, 4) is 0 Å². The van der Waals surface area contributed by atoms with Gasteiger partial charge in [0.25, 0.3) is 5.69 Å². The van der Waals surface area contributed by atoms with E-state index in [1.807, 2.05) is 0 Å². The smallest absolute Gasteiger partial charge is 0.416 e. The Labute approximate surface area is 130 Å². The van der Waals surface area contributed by atoms with Crippen molar-refractivity contribution in [2.75, 3.05) is 4.90 Å². The van der Waals surface area contributed by atoms with Gasteiger partial charge in [-0.3, -0.25) is 10.1 Å². The molecule has 0 heterocycles. The molecule has 23 heavy (non-hydrogen) atoms. The van der Waals surface area contributed by atoms with E-state index in [1.54, 1.807) is 0 Å². The first-order valence-electron chi connectivity index (χ1n) is 6.10. The summed E-state index contributed by atoms with van der Waals surface area (Å²) in [6.45, 7) is 0. The summed E-state index contributed by atoms with van der Waals surface area (Å²) in [5.41, 5.74) is 0.161. The average Bonchev–Trinajstić information content (AvgIpc) is 2.47. The zero-order valence-corrected chi connectivity index (χ0v) is 12.3. The van der Waals surface area contributed by atoms with Crippen LogP contribution in [0.25, 0.3) is 0 Å². The Hall–Kier alpha value is -2.98. The second-order valence-electron chi connectivity index (χ2n) is 4.43. The van der Waals surface area contributed by atoms with Gasteiger partial charge >= 0.3 is 6.09 Å². The molecule has 2 aromatic rings. The molecule has 9 nitrogen and oxygen atoms in total. The molecule has 0 aromatic heterocycles. The number of benzene rings is 2. The molecule has 0 atom stereocenters. The first-order valence-corrected chi connectivity index (χ1v) is 7.65. The minimum atomic E-state index is -3.89. The minimum absolute atomic E-state index is 0.157. The lowest BCUT2D eigenvalue weighted by Gasteiger charge is -2.19. The number of sulfonamides is 1. The van der Waals surface area contributed by atoms with Gasteiger partial charge in [0.15, 0.2) is 0 Å². The van der Waals surface area contributed by atoms with Crippen molar-refractivity contribution >= 4 is 33.2 Å². The van der Waals surface area contributed by atoms with Gasteiger partial charge in [0.2, 0.25) is 10.0 Å². The topological polar surface area (TPSA) is 144 Å². The van der Waals surface area contributed by atoms with Gasteiger partial charge < -0.3 is 5.11 Å². The molecule has 0 saturated carbocycles. The molecule has 3 N–H and O–H groups in total. The molecule has 0 bridgehead atoms. The van der Waals surface area contributed by atoms with Gasteiger partial charge in [-0.25, -0.2) is 23.3 Å². The van der Waals surface area contributed by atoms with Gasteiger partial charge in [0, 0.05) is 12.1 Å². The lowest BCUT2D eigenvalue weighted by molar-refractivity contribution is -0.384. The summed E-state index contributed by atoms with van der Waals surface area (Å²) in [4.78, 5) is 22.2. The van der Waals surface area contributed by atoms with Crippen molar-refractivity contribution in [3.63, 3.8) is 0 Å². The first kappa shape index (κ1) is 16.4. The van der Waals surface area contributed by atoms with Crippen molar-refractivity contribution < 1.29 is 23.2 Å². The second-order valence-corrected chi connectivity index (χ2v) is 5.99. The number of anilines is 2. The highest BCUT2D eigenvalue weighted by Gasteiger charge is 2.19. The van der Waals surface area contributed by atoms with Crippen molar-refractivity contribution in [1.82, 2.24) is 0 Å². The summed E-state index contributed by atoms with van der Waals surface area (Å²) in [5.74, 6) is 0. The summed E-state index contributed by atoms with van der Waals surface area (Å²) in [5, 5.41) is 24.9. The van der Waals surface area contributed by atoms with Crippen LogP contribution in [0.5, 0.6) is 0 Å². The van der Waals surface area contributed by atoms with Crippen LogP contribution in [-0.4, -0.2) is 24.5 Å². The van der Waals surface area contributed by atoms with Crippen LogP contribution in [0.15, 0.2) is 53.4 Å². The maximum atomic E-state index is 11.5. The van der Waals surface area contributed by atoms with Crippen LogP contribution >= 0.6 is 0 Å². The molecule has 0 aliphatic heterocycles. The Morgan fingerprint density at radius 2 is 1.48 bits per heavy atom. The van der Waals surface area contributed by atoms with Crippen molar-refractivity contribution in [2.45, 2.75) is 4.90 Å². The van der Waals surface area contributed by atoms with Crippen LogP contribution in [0.3, 0.4) is 0 Å². The number of carboxylic acid groups (broad SMARTS) is 1. The molecule has 0 saturated heterocycles. The van der Waals surface area contributed by atoms with E-state index in [2.05, 4.69) is 0 Å². The van der Waals surface area contributed by atoms with E-state index in [0.717, 1.165) is 4.90 Å². The molecule has 0 unspecified atom stereocenters. The number of primary sulfonamides is 1. The predicted octanol–water partition coefficient (Wildman–Crippen LogP) is 2.06. The lowest BCUT2D eigenvalue weighted by Crippen LogP contribution is -2.23. The molecule has 0 radical (unpaired) electrons. The minimum Gasteiger partial charge on any atom is -0.464 e. The van der Waals surface area contributed by atoms with E-state index >= 15 is 0 Å². The monoisotopic (exact) mass is 337 g/mol. The maximum Gasteiger partial charge on any atom is 0.416 e. The third-order valence-corrected chi connectivity index (χ3v) is 3.86. The fourth-order valence-electron chi connectivity index (χ4n) is 1.88. The quantitative estimate of drug-likeness (QED) is 0.645. The second kappa shape index (κ2) is 6.02. The standard InChI is InChI=1S/C13H11N3O6S/c14-23(21,22)12-7-5-10(6-8-12)15(13(17)18)9-1-3-11(4-2-9)16(19)20/h1-8H,(H,17,18)(H2,14,21,22). The molecule has 10 heteroatoms. The molecule has 2 rings (SSSR count). The molecular formula is C13H11N3O6S. The molecule has 0 fully saturated rings. The van der Waals surface area contributed by atoms with Crippen LogP contribution in [0.2, 0.25) is 0 Å². The summed E-state index contributed by atoms with van der Waals surface area (Å²) in [7, 11) is -3.89. The molecular weight excluding hydrogens is 326 g/mol. The fraction of sp³-hybridized carbons (Fsp3) is 0. The largest absolute Gasteiger partial charge is 0.464 e. The van der Waals surface area contributed by atoms with E-state index in [4.69, 9.17) is 5.14 Å². The van der Waals surface area contributed by atoms with Crippen LogP contribution < -0.4 is 10.0 Å². The van der Waals surface area contributed by atoms with E-state index in [-0.39, 0.29) is 22.0 Å². The van der Waals surface area contributed by atoms with E-state index in [0.29, 0.717) is 0 Å². The van der Waals surface area contributed by atoms with Gasteiger partial charge in [0.1, 0.15) is 0 Å². The Kier molecular flexibility index (Phi) is 4.29. The van der Waals surface area contributed by atoms with Crippen LogP contribution in [-0.2, 0) is 10.0 Å². The summed E-state index contributed by atoms with van der Waals surface area (Å²) >= 11 is 0. The number of nitrogens with zero attached hydrogens (tertiary/aromatic N) is 2. The number of carbonyl (C=O) groups is 1. The number of nitro groups is 1. The van der Waals surface area contributed by atoms with Crippen LogP contribution in [0.1, 0.15) is 0 Å². The Morgan fingerprint density at radius 3 is 1.83 bits per heavy atom.